The van der Waals surface area contributed by atoms with Crippen LogP contribution in [0, 0.1) is 37.5 Å². The van der Waals surface area contributed by atoms with Crippen molar-refractivity contribution in [1.82, 2.24) is 0 Å². The van der Waals surface area contributed by atoms with E-state index in [9.17, 15) is 20.4 Å². The van der Waals surface area contributed by atoms with Crippen molar-refractivity contribution in [2.24, 2.45) is 23.7 Å². The molecule has 2 heterocycles. The molecule has 0 spiro atoms. The van der Waals surface area contributed by atoms with Crippen molar-refractivity contribution in [3.63, 3.8) is 0 Å². The fraction of sp³-hybridized carbons (Fsp3) is 0.682. The number of unbranched alkanes of at least 4 members (excludes halogenated alkanes) is 6. The van der Waals surface area contributed by atoms with Gasteiger partial charge in [-0.15, -0.1) is 22.7 Å². The second-order valence-corrected chi connectivity index (χ2v) is 18.8. The third-order valence-corrected chi connectivity index (χ3v) is 14.2. The molecule has 6 N–H and O–H groups in total. The van der Waals surface area contributed by atoms with Crippen LogP contribution in [-0.4, -0.2) is 68.3 Å². The number of halogens is 1. The third kappa shape index (κ3) is 18.1. The molecule has 2 aromatic heterocycles. The summed E-state index contributed by atoms with van der Waals surface area (Å²) in [5, 5.41) is 58.7. The zero-order valence-electron chi connectivity index (χ0n) is 32.3. The van der Waals surface area contributed by atoms with Crippen LogP contribution >= 0.6 is 38.6 Å². The van der Waals surface area contributed by atoms with Crippen LogP contribution in [0.1, 0.15) is 122 Å². The minimum absolute atomic E-state index is 0.194. The molecule has 2 aliphatic carbocycles. The lowest BCUT2D eigenvalue weighted by atomic mass is 9.88. The van der Waals surface area contributed by atoms with E-state index < -0.39 is 12.2 Å². The summed E-state index contributed by atoms with van der Waals surface area (Å²) < 4.78 is 1.16. The van der Waals surface area contributed by atoms with Crippen LogP contribution in [0.25, 0.3) is 0 Å². The molecular formula is C44H69BrO6S2. The second kappa shape index (κ2) is 26.7. The molecule has 0 aromatic carbocycles. The highest BCUT2D eigenvalue weighted by molar-refractivity contribution is 9.10. The summed E-state index contributed by atoms with van der Waals surface area (Å²) in [5.41, 5.74) is 0. The van der Waals surface area contributed by atoms with Crippen LogP contribution in [-0.2, 0) is 12.8 Å². The maximum atomic E-state index is 10.3. The fourth-order valence-electron chi connectivity index (χ4n) is 7.71. The lowest BCUT2D eigenvalue weighted by molar-refractivity contribution is 0.116. The normalized spacial score (nSPS) is 24.5. The van der Waals surface area contributed by atoms with Crippen molar-refractivity contribution in [2.75, 3.05) is 13.2 Å². The van der Waals surface area contributed by atoms with E-state index in [4.69, 9.17) is 10.2 Å². The number of allylic oxidation sites excluding steroid dienone is 4. The van der Waals surface area contributed by atoms with E-state index in [1.165, 1.54) is 32.4 Å². The zero-order chi connectivity index (χ0) is 38.4. The largest absolute Gasteiger partial charge is 0.396 e. The maximum absolute atomic E-state index is 10.3. The Bertz CT molecular complexity index is 1320. The average Bonchev–Trinajstić information content (AvgIpc) is 3.91. The molecule has 6 nitrogen and oxygen atoms in total. The highest BCUT2D eigenvalue weighted by Gasteiger charge is 2.33. The van der Waals surface area contributed by atoms with E-state index in [0.717, 1.165) is 107 Å². The SMILES string of the molecule is Cc1ccc(CC[C@H](O)/C=C/[C@H]2CCC(O)[C@@H]2C/C=C\CCCCO)s1.Cc1sc(CC[C@H](O)/C=C/[C@H]2CCC(O)[C@@H]2CCCCCCCO)cc1Br. The highest BCUT2D eigenvalue weighted by Crippen LogP contribution is 2.38. The van der Waals surface area contributed by atoms with Gasteiger partial charge in [0, 0.05) is 37.2 Å². The monoisotopic (exact) mass is 836 g/mol. The minimum Gasteiger partial charge on any atom is -0.396 e. The molecule has 9 heteroatoms. The first-order valence-electron chi connectivity index (χ1n) is 20.4. The van der Waals surface area contributed by atoms with E-state index >= 15 is 0 Å². The predicted octanol–water partition coefficient (Wildman–Crippen LogP) is 9.79. The molecule has 0 bridgehead atoms. The molecule has 0 radical (unpaired) electrons. The fourth-order valence-corrected chi connectivity index (χ4v) is 10.2. The topological polar surface area (TPSA) is 121 Å². The summed E-state index contributed by atoms with van der Waals surface area (Å²) >= 11 is 7.14. The van der Waals surface area contributed by atoms with Crippen molar-refractivity contribution in [3.05, 3.63) is 78.6 Å². The van der Waals surface area contributed by atoms with Crippen molar-refractivity contribution >= 4 is 38.6 Å². The third-order valence-electron chi connectivity index (χ3n) is 11.0. The lowest BCUT2D eigenvalue weighted by Gasteiger charge is -2.20. The molecule has 4 rings (SSSR count). The highest BCUT2D eigenvalue weighted by atomic mass is 79.9. The number of rotatable bonds is 23. The summed E-state index contributed by atoms with van der Waals surface area (Å²) in [7, 11) is 0. The van der Waals surface area contributed by atoms with Gasteiger partial charge in [-0.2, -0.15) is 0 Å². The summed E-state index contributed by atoms with van der Waals surface area (Å²) in [4.78, 5) is 5.24. The van der Waals surface area contributed by atoms with Crippen LogP contribution in [0.15, 0.2) is 59.1 Å². The van der Waals surface area contributed by atoms with Crippen LogP contribution in [0.3, 0.4) is 0 Å². The Labute approximate surface area is 336 Å². The van der Waals surface area contributed by atoms with E-state index in [2.05, 4.69) is 72.3 Å². The first kappa shape index (κ1) is 46.2. The Hall–Kier alpha value is -1.14. The molecule has 2 fully saturated rings. The minimum atomic E-state index is -0.414. The van der Waals surface area contributed by atoms with Crippen molar-refractivity contribution in [2.45, 2.75) is 154 Å². The average molecular weight is 838 g/mol. The van der Waals surface area contributed by atoms with Crippen LogP contribution in [0.5, 0.6) is 0 Å². The van der Waals surface area contributed by atoms with E-state index in [-0.39, 0.29) is 24.7 Å². The molecule has 2 aromatic rings. The van der Waals surface area contributed by atoms with Crippen LogP contribution in [0.2, 0.25) is 0 Å². The first-order chi connectivity index (χ1) is 25.6. The number of aryl methyl sites for hydroxylation is 4. The van der Waals surface area contributed by atoms with E-state index in [1.54, 1.807) is 22.7 Å². The Morgan fingerprint density at radius 1 is 0.717 bits per heavy atom. The molecule has 2 aliphatic rings. The predicted molar refractivity (Wildman–Crippen MR) is 227 cm³/mol. The van der Waals surface area contributed by atoms with Gasteiger partial charge in [0.15, 0.2) is 0 Å². The summed E-state index contributed by atoms with van der Waals surface area (Å²) in [6.45, 7) is 4.76. The van der Waals surface area contributed by atoms with Crippen LogP contribution < -0.4 is 0 Å². The van der Waals surface area contributed by atoms with Crippen molar-refractivity contribution in [1.29, 1.82) is 0 Å². The number of hydrogen-bond donors (Lipinski definition) is 6. The van der Waals surface area contributed by atoms with E-state index in [1.807, 2.05) is 12.2 Å². The Balaban J connectivity index is 0.000000286. The second-order valence-electron chi connectivity index (χ2n) is 15.3. The standard InChI is InChI=1S/C22H35BrO3S.C22H34O3S/c1-16-21(23)15-19(27-16)12-11-18(25)10-8-17-9-13-22(26)20(17)7-5-3-2-4-6-14-24;1-17-8-13-20(26-17)14-12-19(24)11-9-18-10-15-22(25)21(18)7-5-3-2-4-6-16-23/h8,10,15,17-18,20,22,24-26H,2-7,9,11-14H2,1H3;3,5,8-9,11,13,18-19,21-25H,2,4,6-7,10,12,14-16H2,1H3/b10-8+;5-3-,11-9+/t17-,18+,20+,22?;18-,19+,21+,22?/m00/s1. The maximum Gasteiger partial charge on any atom is 0.0724 e. The molecule has 8 atom stereocenters. The Morgan fingerprint density at radius 3 is 1.91 bits per heavy atom. The summed E-state index contributed by atoms with van der Waals surface area (Å²) in [6, 6.07) is 6.43. The molecular weight excluding hydrogens is 769 g/mol. The quantitative estimate of drug-likeness (QED) is 0.0490. The summed E-state index contributed by atoms with van der Waals surface area (Å²) in [5.74, 6) is 1.34. The molecule has 2 saturated carbocycles. The van der Waals surface area contributed by atoms with Gasteiger partial charge in [0.25, 0.3) is 0 Å². The molecule has 0 saturated heterocycles. The molecule has 2 unspecified atom stereocenters. The number of thiophene rings is 2. The van der Waals surface area contributed by atoms with E-state index in [0.29, 0.717) is 24.4 Å². The zero-order valence-corrected chi connectivity index (χ0v) is 35.6. The Morgan fingerprint density at radius 2 is 1.30 bits per heavy atom. The van der Waals surface area contributed by atoms with Crippen LogP contribution in [0.4, 0.5) is 0 Å². The van der Waals surface area contributed by atoms with Gasteiger partial charge < -0.3 is 30.6 Å². The van der Waals surface area contributed by atoms with Gasteiger partial charge >= 0.3 is 0 Å². The summed E-state index contributed by atoms with van der Waals surface area (Å²) in [6.07, 6.45) is 28.6. The van der Waals surface area contributed by atoms with Gasteiger partial charge in [-0.3, -0.25) is 0 Å². The number of hydrogen-bond acceptors (Lipinski definition) is 8. The molecule has 300 valence electrons. The lowest BCUT2D eigenvalue weighted by Crippen LogP contribution is -2.18. The molecule has 0 aliphatic heterocycles. The number of aliphatic hydroxyl groups is 6. The van der Waals surface area contributed by atoms with Gasteiger partial charge in [0.1, 0.15) is 0 Å². The molecule has 53 heavy (non-hydrogen) atoms. The number of aliphatic hydroxyl groups excluding tert-OH is 6. The van der Waals surface area contributed by atoms with Gasteiger partial charge in [0.2, 0.25) is 0 Å². The Kier molecular flexibility index (Phi) is 23.3. The van der Waals surface area contributed by atoms with Gasteiger partial charge in [-0.25, -0.2) is 0 Å². The smallest absolute Gasteiger partial charge is 0.0724 e. The van der Waals surface area contributed by atoms with Gasteiger partial charge in [-0.1, -0.05) is 62.1 Å². The molecule has 0 amide bonds. The van der Waals surface area contributed by atoms with Gasteiger partial charge in [0.05, 0.1) is 24.4 Å². The van der Waals surface area contributed by atoms with Crippen molar-refractivity contribution in [3.8, 4) is 0 Å². The van der Waals surface area contributed by atoms with Crippen molar-refractivity contribution < 1.29 is 30.6 Å². The van der Waals surface area contributed by atoms with Gasteiger partial charge in [-0.05, 0) is 162 Å². The first-order valence-corrected chi connectivity index (χ1v) is 22.8.